The third-order valence-corrected chi connectivity index (χ3v) is 1.88. The summed E-state index contributed by atoms with van der Waals surface area (Å²) in [5.41, 5.74) is 0.843. The molecule has 16 heavy (non-hydrogen) atoms. The number of carbonyl (C=O) groups is 1. The number of carbonyl (C=O) groups excluding carboxylic acids is 1. The SMILES string of the molecule is CCCc1cccc(OC(=O)C(F)(F)F)c1. The molecule has 0 spiro atoms. The second-order valence-corrected chi connectivity index (χ2v) is 3.28. The molecule has 0 aliphatic heterocycles. The maximum Gasteiger partial charge on any atom is 0.491 e. The lowest BCUT2D eigenvalue weighted by Crippen LogP contribution is -2.27. The molecule has 5 heteroatoms. The minimum absolute atomic E-state index is 0.0757. The summed E-state index contributed by atoms with van der Waals surface area (Å²) in [5, 5.41) is 0. The van der Waals surface area contributed by atoms with Gasteiger partial charge in [-0.2, -0.15) is 13.2 Å². The zero-order chi connectivity index (χ0) is 12.2. The summed E-state index contributed by atoms with van der Waals surface area (Å²) in [6, 6.07) is 6.09. The fourth-order valence-electron chi connectivity index (χ4n) is 1.22. The van der Waals surface area contributed by atoms with Gasteiger partial charge in [-0.3, -0.25) is 0 Å². The van der Waals surface area contributed by atoms with E-state index in [1.165, 1.54) is 12.1 Å². The van der Waals surface area contributed by atoms with E-state index in [0.29, 0.717) is 0 Å². The van der Waals surface area contributed by atoms with E-state index in [1.807, 2.05) is 6.92 Å². The Labute approximate surface area is 91.0 Å². The fraction of sp³-hybridized carbons (Fsp3) is 0.364. The molecule has 0 saturated carbocycles. The Balaban J connectivity index is 2.74. The van der Waals surface area contributed by atoms with Gasteiger partial charge in [0.2, 0.25) is 0 Å². The summed E-state index contributed by atoms with van der Waals surface area (Å²) < 4.78 is 39.9. The van der Waals surface area contributed by atoms with Crippen molar-refractivity contribution < 1.29 is 22.7 Å². The molecular formula is C11H11F3O2. The third kappa shape index (κ3) is 3.56. The Bertz CT molecular complexity index is 372. The molecule has 0 radical (unpaired) electrons. The number of hydrogen-bond donors (Lipinski definition) is 0. The van der Waals surface area contributed by atoms with E-state index in [4.69, 9.17) is 0 Å². The summed E-state index contributed by atoms with van der Waals surface area (Å²) in [5.74, 6) is -2.27. The molecule has 0 aliphatic rings. The highest BCUT2D eigenvalue weighted by molar-refractivity contribution is 5.78. The second kappa shape index (κ2) is 5.01. The molecule has 0 atom stereocenters. The maximum absolute atomic E-state index is 11.9. The highest BCUT2D eigenvalue weighted by atomic mass is 19.4. The van der Waals surface area contributed by atoms with Crippen LogP contribution in [0.4, 0.5) is 13.2 Å². The molecule has 1 aromatic carbocycles. The molecule has 88 valence electrons. The molecule has 2 nitrogen and oxygen atoms in total. The van der Waals surface area contributed by atoms with Gasteiger partial charge in [-0.1, -0.05) is 25.5 Å². The minimum atomic E-state index is -4.96. The molecule has 0 heterocycles. The topological polar surface area (TPSA) is 26.3 Å². The van der Waals surface area contributed by atoms with Crippen LogP contribution in [0.3, 0.4) is 0 Å². The van der Waals surface area contributed by atoms with E-state index in [2.05, 4.69) is 4.74 Å². The lowest BCUT2D eigenvalue weighted by molar-refractivity contribution is -0.189. The molecule has 0 bridgehead atoms. The van der Waals surface area contributed by atoms with Gasteiger partial charge in [-0.05, 0) is 24.1 Å². The highest BCUT2D eigenvalue weighted by Crippen LogP contribution is 2.21. The highest BCUT2D eigenvalue weighted by Gasteiger charge is 2.41. The van der Waals surface area contributed by atoms with Gasteiger partial charge >= 0.3 is 12.1 Å². The predicted molar refractivity (Wildman–Crippen MR) is 52.1 cm³/mol. The molecule has 0 fully saturated rings. The average Bonchev–Trinajstić information content (AvgIpc) is 2.17. The van der Waals surface area contributed by atoms with Crippen LogP contribution in [0.2, 0.25) is 0 Å². The number of ether oxygens (including phenoxy) is 1. The lowest BCUT2D eigenvalue weighted by atomic mass is 10.1. The maximum atomic E-state index is 11.9. The van der Waals surface area contributed by atoms with Gasteiger partial charge in [0.25, 0.3) is 0 Å². The number of aryl methyl sites for hydroxylation is 1. The summed E-state index contributed by atoms with van der Waals surface area (Å²) in [4.78, 5) is 10.6. The van der Waals surface area contributed by atoms with Crippen LogP contribution in [0.25, 0.3) is 0 Å². The van der Waals surface area contributed by atoms with Crippen molar-refractivity contribution in [2.45, 2.75) is 25.9 Å². The van der Waals surface area contributed by atoms with E-state index in [-0.39, 0.29) is 5.75 Å². The fourth-order valence-corrected chi connectivity index (χ4v) is 1.22. The van der Waals surface area contributed by atoms with E-state index < -0.39 is 12.1 Å². The molecule has 0 N–H and O–H groups in total. The first-order chi connectivity index (χ1) is 7.43. The van der Waals surface area contributed by atoms with Crippen molar-refractivity contribution in [1.29, 1.82) is 0 Å². The first-order valence-corrected chi connectivity index (χ1v) is 4.81. The van der Waals surface area contributed by atoms with E-state index in [9.17, 15) is 18.0 Å². The zero-order valence-corrected chi connectivity index (χ0v) is 8.67. The van der Waals surface area contributed by atoms with Gasteiger partial charge in [0.05, 0.1) is 0 Å². The second-order valence-electron chi connectivity index (χ2n) is 3.28. The van der Waals surface area contributed by atoms with Crippen LogP contribution < -0.4 is 4.74 Å². The van der Waals surface area contributed by atoms with E-state index >= 15 is 0 Å². The van der Waals surface area contributed by atoms with Crippen LogP contribution in [0, 0.1) is 0 Å². The Morgan fingerprint density at radius 2 is 2.06 bits per heavy atom. The number of esters is 1. The number of hydrogen-bond acceptors (Lipinski definition) is 2. The van der Waals surface area contributed by atoms with Crippen molar-refractivity contribution in [1.82, 2.24) is 0 Å². The largest absolute Gasteiger partial charge is 0.491 e. The number of alkyl halides is 3. The van der Waals surface area contributed by atoms with E-state index in [1.54, 1.807) is 12.1 Å². The smallest absolute Gasteiger partial charge is 0.420 e. The van der Waals surface area contributed by atoms with Crippen LogP contribution >= 0.6 is 0 Å². The number of benzene rings is 1. The normalized spacial score (nSPS) is 11.2. The molecule has 0 aliphatic carbocycles. The summed E-state index contributed by atoms with van der Waals surface area (Å²) in [7, 11) is 0. The van der Waals surface area contributed by atoms with Crippen LogP contribution in [-0.4, -0.2) is 12.1 Å². The Morgan fingerprint density at radius 1 is 1.38 bits per heavy atom. The number of rotatable bonds is 3. The van der Waals surface area contributed by atoms with Crippen LogP contribution in [0.1, 0.15) is 18.9 Å². The van der Waals surface area contributed by atoms with Crippen molar-refractivity contribution >= 4 is 5.97 Å². The van der Waals surface area contributed by atoms with Crippen LogP contribution in [-0.2, 0) is 11.2 Å². The van der Waals surface area contributed by atoms with Crippen molar-refractivity contribution in [3.63, 3.8) is 0 Å². The standard InChI is InChI=1S/C11H11F3O2/c1-2-4-8-5-3-6-9(7-8)16-10(15)11(12,13)14/h3,5-7H,2,4H2,1H3. The molecule has 1 rings (SSSR count). The monoisotopic (exact) mass is 232 g/mol. The molecular weight excluding hydrogens is 221 g/mol. The first kappa shape index (κ1) is 12.5. The Kier molecular flexibility index (Phi) is 3.93. The van der Waals surface area contributed by atoms with Gasteiger partial charge in [-0.25, -0.2) is 4.79 Å². The summed E-state index contributed by atoms with van der Waals surface area (Å²) in [6.45, 7) is 1.95. The lowest BCUT2D eigenvalue weighted by Gasteiger charge is -2.07. The Hall–Kier alpha value is -1.52. The molecule has 0 amide bonds. The van der Waals surface area contributed by atoms with Crippen molar-refractivity contribution in [2.24, 2.45) is 0 Å². The van der Waals surface area contributed by atoms with Crippen molar-refractivity contribution in [2.75, 3.05) is 0 Å². The van der Waals surface area contributed by atoms with Crippen LogP contribution in [0.5, 0.6) is 5.75 Å². The molecule has 0 saturated heterocycles. The number of halogens is 3. The van der Waals surface area contributed by atoms with Gasteiger partial charge in [0.1, 0.15) is 5.75 Å². The average molecular weight is 232 g/mol. The third-order valence-electron chi connectivity index (χ3n) is 1.88. The van der Waals surface area contributed by atoms with Gasteiger partial charge < -0.3 is 4.74 Å². The van der Waals surface area contributed by atoms with Gasteiger partial charge in [-0.15, -0.1) is 0 Å². The van der Waals surface area contributed by atoms with Crippen molar-refractivity contribution in [3.8, 4) is 5.75 Å². The van der Waals surface area contributed by atoms with E-state index in [0.717, 1.165) is 18.4 Å². The van der Waals surface area contributed by atoms with Gasteiger partial charge in [0.15, 0.2) is 0 Å². The first-order valence-electron chi connectivity index (χ1n) is 4.81. The quantitative estimate of drug-likeness (QED) is 0.591. The Morgan fingerprint density at radius 3 is 2.62 bits per heavy atom. The molecule has 0 unspecified atom stereocenters. The van der Waals surface area contributed by atoms with Gasteiger partial charge in [0, 0.05) is 0 Å². The van der Waals surface area contributed by atoms with Crippen LogP contribution in [0.15, 0.2) is 24.3 Å². The predicted octanol–water partition coefficient (Wildman–Crippen LogP) is 3.11. The zero-order valence-electron chi connectivity index (χ0n) is 8.67. The molecule has 1 aromatic rings. The van der Waals surface area contributed by atoms with Crippen molar-refractivity contribution in [3.05, 3.63) is 29.8 Å². The summed E-state index contributed by atoms with van der Waals surface area (Å²) in [6.07, 6.45) is -3.35. The molecule has 0 aromatic heterocycles. The summed E-state index contributed by atoms with van der Waals surface area (Å²) >= 11 is 0. The minimum Gasteiger partial charge on any atom is -0.420 e.